The van der Waals surface area contributed by atoms with Gasteiger partial charge in [-0.15, -0.1) is 0 Å². The average molecular weight is 923 g/mol. The van der Waals surface area contributed by atoms with Crippen molar-refractivity contribution in [2.24, 2.45) is 5.92 Å². The van der Waals surface area contributed by atoms with Gasteiger partial charge in [-0.1, -0.05) is 12.1 Å². The topological polar surface area (TPSA) is 217 Å². The summed E-state index contributed by atoms with van der Waals surface area (Å²) in [5, 5.41) is 24.2. The van der Waals surface area contributed by atoms with E-state index in [1.807, 2.05) is 0 Å². The van der Waals surface area contributed by atoms with Crippen LogP contribution in [0.2, 0.25) is 0 Å². The first-order chi connectivity index (χ1) is 32.8. The number of phenols is 2. The van der Waals surface area contributed by atoms with Crippen LogP contribution in [0, 0.1) is 19.8 Å². The van der Waals surface area contributed by atoms with Gasteiger partial charge in [0.2, 0.25) is 0 Å². The van der Waals surface area contributed by atoms with Crippen molar-refractivity contribution in [1.82, 2.24) is 5.32 Å². The molecule has 1 aliphatic carbocycles. The van der Waals surface area contributed by atoms with Gasteiger partial charge in [0, 0.05) is 64.0 Å². The lowest BCUT2D eigenvalue weighted by molar-refractivity contribution is -0.128. The summed E-state index contributed by atoms with van der Waals surface area (Å²) in [5.74, 6) is 0.359. The number of carbonyl (C=O) groups is 5. The molecule has 1 amide bonds. The van der Waals surface area contributed by atoms with Gasteiger partial charge in [-0.05, 0) is 117 Å². The summed E-state index contributed by atoms with van der Waals surface area (Å²) in [6.07, 6.45) is 2.68. The summed E-state index contributed by atoms with van der Waals surface area (Å²) in [5.41, 5.74) is 1.87. The molecule has 0 radical (unpaired) electrons. The third-order valence-electron chi connectivity index (χ3n) is 12.9. The largest absolute Gasteiger partial charge is 0.508 e. The molecule has 6 aromatic rings. The standard InChI is InChI=1S/C52H46N2O14/c1-29-19-38(20-30(2)48(29)59)65-37-11-14-43-47(26-37)66-46-25-36(57)10-13-42(46)52(43)41-12-6-32(22-39(41)51(62)68-52)44(58)21-31-3-7-34(8-4-31)53-49(60)40-23-33-5-9-35(24-45(33)67-50(40)61)54(15-17-63-27-55)16-18-64-28-56/h5-6,9-14,19-20,22-28,31,34,57,59H,3-4,7-8,15-18,21H2,1-2H3,(H,53,60). The zero-order valence-corrected chi connectivity index (χ0v) is 37.1. The number of anilines is 1. The SMILES string of the molecule is Cc1cc(Oc2ccc3c(c2)Oc2cc(O)ccc2C32OC(=O)c3cc(C(=O)CC4CCC(NC(=O)c5cc6ccc(N(CCOC=O)CCOC=O)cc6oc5=O)CC4)ccc32)cc(C)c1O. The maximum atomic E-state index is 13.9. The molecule has 5 aromatic carbocycles. The van der Waals surface area contributed by atoms with Crippen molar-refractivity contribution in [3.63, 3.8) is 0 Å². The van der Waals surface area contributed by atoms with Crippen LogP contribution in [0.25, 0.3) is 11.0 Å². The number of benzene rings is 5. The van der Waals surface area contributed by atoms with E-state index < -0.39 is 23.1 Å². The molecule has 1 atom stereocenters. The van der Waals surface area contributed by atoms with Crippen LogP contribution in [0.15, 0.2) is 100 Å². The van der Waals surface area contributed by atoms with Crippen LogP contribution in [0.1, 0.15) is 91.0 Å². The number of fused-ring (bicyclic) bond motifs is 7. The van der Waals surface area contributed by atoms with Crippen LogP contribution in [0.3, 0.4) is 0 Å². The monoisotopic (exact) mass is 922 g/mol. The predicted octanol–water partition coefficient (Wildman–Crippen LogP) is 7.90. The molecule has 1 aromatic heterocycles. The molecule has 3 heterocycles. The summed E-state index contributed by atoms with van der Waals surface area (Å²) in [6, 6.07) is 24.5. The molecule has 1 spiro atoms. The Morgan fingerprint density at radius 3 is 2.16 bits per heavy atom. The van der Waals surface area contributed by atoms with Gasteiger partial charge in [-0.25, -0.2) is 9.59 Å². The van der Waals surface area contributed by atoms with Crippen molar-refractivity contribution in [3.8, 4) is 34.5 Å². The van der Waals surface area contributed by atoms with Crippen molar-refractivity contribution in [2.75, 3.05) is 31.2 Å². The number of amides is 1. The summed E-state index contributed by atoms with van der Waals surface area (Å²) in [7, 11) is 0. The normalized spacial score (nSPS) is 17.8. The lowest BCUT2D eigenvalue weighted by Gasteiger charge is -2.36. The fraction of sp³-hybridized carbons (Fsp3) is 0.269. The summed E-state index contributed by atoms with van der Waals surface area (Å²) >= 11 is 0. The molecule has 3 aliphatic rings. The molecule has 16 nitrogen and oxygen atoms in total. The van der Waals surface area contributed by atoms with Gasteiger partial charge >= 0.3 is 11.6 Å². The minimum absolute atomic E-state index is 0.0180. The fourth-order valence-electron chi connectivity index (χ4n) is 9.45. The van der Waals surface area contributed by atoms with Crippen LogP contribution in [-0.2, 0) is 29.4 Å². The van der Waals surface area contributed by atoms with Gasteiger partial charge in [0.05, 0.1) is 18.7 Å². The third kappa shape index (κ3) is 8.67. The van der Waals surface area contributed by atoms with Gasteiger partial charge in [0.1, 0.15) is 58.9 Å². The van der Waals surface area contributed by atoms with Gasteiger partial charge in [-0.2, -0.15) is 0 Å². The van der Waals surface area contributed by atoms with E-state index in [9.17, 15) is 39.0 Å². The number of nitrogens with zero attached hydrogens (tertiary/aromatic N) is 1. The van der Waals surface area contributed by atoms with Crippen LogP contribution in [0.4, 0.5) is 5.69 Å². The number of Topliss-reactive ketones (excluding diaryl/α,β-unsaturated/α-hetero) is 1. The van der Waals surface area contributed by atoms with E-state index in [0.29, 0.717) is 100 Å². The van der Waals surface area contributed by atoms with Crippen molar-refractivity contribution < 1.29 is 62.3 Å². The maximum absolute atomic E-state index is 13.9. The Balaban J connectivity index is 0.864. The highest BCUT2D eigenvalue weighted by atomic mass is 16.6. The molecule has 68 heavy (non-hydrogen) atoms. The van der Waals surface area contributed by atoms with Crippen LogP contribution in [0.5, 0.6) is 34.5 Å². The first-order valence-corrected chi connectivity index (χ1v) is 22.1. The van der Waals surface area contributed by atoms with E-state index in [1.54, 1.807) is 91.5 Å². The Kier molecular flexibility index (Phi) is 12.3. The second kappa shape index (κ2) is 18.6. The van der Waals surface area contributed by atoms with E-state index in [2.05, 4.69) is 5.32 Å². The molecular formula is C52H46N2O14. The number of phenolic OH excluding ortho intramolecular Hbond substituents is 2. The van der Waals surface area contributed by atoms with Gasteiger partial charge in [0.25, 0.3) is 18.9 Å². The van der Waals surface area contributed by atoms with Crippen molar-refractivity contribution >= 4 is 47.3 Å². The fourth-order valence-corrected chi connectivity index (χ4v) is 9.45. The number of hydrogen-bond acceptors (Lipinski definition) is 15. The first-order valence-electron chi connectivity index (χ1n) is 22.1. The third-order valence-corrected chi connectivity index (χ3v) is 12.9. The number of esters is 1. The zero-order chi connectivity index (χ0) is 47.7. The number of nitrogens with one attached hydrogen (secondary N) is 1. The van der Waals surface area contributed by atoms with Crippen LogP contribution >= 0.6 is 0 Å². The molecule has 0 saturated heterocycles. The Bertz CT molecular complexity index is 3030. The molecule has 1 saturated carbocycles. The Morgan fingerprint density at radius 2 is 1.46 bits per heavy atom. The highest BCUT2D eigenvalue weighted by molar-refractivity contribution is 6.02. The number of ether oxygens (including phenoxy) is 5. The Hall–Kier alpha value is -8.14. The molecule has 1 fully saturated rings. The molecule has 9 rings (SSSR count). The van der Waals surface area contributed by atoms with Gasteiger partial charge < -0.3 is 48.5 Å². The van der Waals surface area contributed by atoms with Crippen molar-refractivity contribution in [1.29, 1.82) is 0 Å². The molecule has 348 valence electrons. The van der Waals surface area contributed by atoms with Crippen LogP contribution < -0.4 is 25.3 Å². The number of hydrogen-bond donors (Lipinski definition) is 3. The molecular weight excluding hydrogens is 877 g/mol. The molecule has 2 aliphatic heterocycles. The van der Waals surface area contributed by atoms with E-state index in [1.165, 1.54) is 18.2 Å². The average Bonchev–Trinajstić information content (AvgIpc) is 3.61. The minimum atomic E-state index is -1.46. The zero-order valence-electron chi connectivity index (χ0n) is 37.1. The number of carbonyl (C=O) groups excluding carboxylic acids is 5. The van der Waals surface area contributed by atoms with E-state index in [0.717, 1.165) is 0 Å². The number of ketones is 1. The lowest BCUT2D eigenvalue weighted by Crippen LogP contribution is -2.39. The van der Waals surface area contributed by atoms with E-state index >= 15 is 0 Å². The molecule has 3 N–H and O–H groups in total. The smallest absolute Gasteiger partial charge is 0.349 e. The van der Waals surface area contributed by atoms with Gasteiger partial charge in [0.15, 0.2) is 11.4 Å². The summed E-state index contributed by atoms with van der Waals surface area (Å²) < 4.78 is 34.0. The summed E-state index contributed by atoms with van der Waals surface area (Å²) in [4.78, 5) is 77.3. The number of rotatable bonds is 16. The minimum Gasteiger partial charge on any atom is -0.508 e. The summed E-state index contributed by atoms with van der Waals surface area (Å²) in [6.45, 7) is 4.97. The predicted molar refractivity (Wildman–Crippen MR) is 245 cm³/mol. The first kappa shape index (κ1) is 45.0. The van der Waals surface area contributed by atoms with Crippen LogP contribution in [-0.4, -0.2) is 73.2 Å². The molecule has 1 unspecified atom stereocenters. The quantitative estimate of drug-likeness (QED) is 0.0210. The van der Waals surface area contributed by atoms with E-state index in [-0.39, 0.29) is 84.4 Å². The van der Waals surface area contributed by atoms with Crippen molar-refractivity contribution in [3.05, 3.63) is 146 Å². The highest BCUT2D eigenvalue weighted by Gasteiger charge is 2.54. The maximum Gasteiger partial charge on any atom is 0.349 e. The van der Waals surface area contributed by atoms with Crippen molar-refractivity contribution in [2.45, 2.75) is 57.6 Å². The van der Waals surface area contributed by atoms with Gasteiger partial charge in [-0.3, -0.25) is 19.2 Å². The Morgan fingerprint density at radius 1 is 0.779 bits per heavy atom. The lowest BCUT2D eigenvalue weighted by atomic mass is 9.77. The second-order valence-corrected chi connectivity index (χ2v) is 17.2. The Labute approximate surface area is 388 Å². The molecule has 16 heteroatoms. The highest BCUT2D eigenvalue weighted by Crippen LogP contribution is 2.57. The second-order valence-electron chi connectivity index (χ2n) is 17.2. The number of aromatic hydroxyl groups is 2. The van der Waals surface area contributed by atoms with E-state index in [4.69, 9.17) is 28.1 Å². The molecule has 0 bridgehead atoms. The number of aryl methyl sites for hydroxylation is 2.